The molecule has 1 fully saturated rings. The average Bonchev–Trinajstić information content (AvgIpc) is 3.49. The number of fused-ring (bicyclic) bond motifs is 1. The number of aliphatic hydroxyl groups excluding tert-OH is 1. The third kappa shape index (κ3) is 2.97. The van der Waals surface area contributed by atoms with Gasteiger partial charge in [0.1, 0.15) is 11.6 Å². The van der Waals surface area contributed by atoms with Crippen LogP contribution in [0.3, 0.4) is 0 Å². The molecule has 2 aromatic carbocycles. The van der Waals surface area contributed by atoms with Gasteiger partial charge in [-0.15, -0.1) is 10.2 Å². The zero-order valence-corrected chi connectivity index (χ0v) is 17.0. The van der Waals surface area contributed by atoms with Crippen molar-refractivity contribution in [2.45, 2.75) is 42.9 Å². The highest BCUT2D eigenvalue weighted by molar-refractivity contribution is 8.00. The van der Waals surface area contributed by atoms with E-state index >= 15 is 0 Å². The van der Waals surface area contributed by atoms with Crippen molar-refractivity contribution >= 4 is 11.8 Å². The highest BCUT2D eigenvalue weighted by atomic mass is 32.2. The summed E-state index contributed by atoms with van der Waals surface area (Å²) in [5.74, 6) is 3.11. The monoisotopic (exact) mass is 391 g/mol. The van der Waals surface area contributed by atoms with Crippen LogP contribution < -0.4 is 0 Å². The summed E-state index contributed by atoms with van der Waals surface area (Å²) in [5.41, 5.74) is 3.83. The van der Waals surface area contributed by atoms with Crippen molar-refractivity contribution in [1.29, 1.82) is 0 Å². The summed E-state index contributed by atoms with van der Waals surface area (Å²) in [5, 5.41) is 19.0. The second-order valence-electron chi connectivity index (χ2n) is 8.25. The van der Waals surface area contributed by atoms with Crippen LogP contribution in [0.5, 0.6) is 0 Å². The van der Waals surface area contributed by atoms with E-state index in [0.717, 1.165) is 43.2 Å². The Morgan fingerprint density at radius 1 is 1.00 bits per heavy atom. The maximum absolute atomic E-state index is 9.80. The molecule has 28 heavy (non-hydrogen) atoms. The van der Waals surface area contributed by atoms with Gasteiger partial charge in [-0.2, -0.15) is 11.8 Å². The van der Waals surface area contributed by atoms with Gasteiger partial charge in [0, 0.05) is 23.5 Å². The Balaban J connectivity index is 1.48. The van der Waals surface area contributed by atoms with E-state index in [1.807, 2.05) is 17.8 Å². The number of nitrogens with zero attached hydrogens (tertiary/aromatic N) is 3. The third-order valence-electron chi connectivity index (χ3n) is 6.18. The van der Waals surface area contributed by atoms with Gasteiger partial charge in [0.15, 0.2) is 0 Å². The molecule has 4 nitrogen and oxygen atoms in total. The molecular weight excluding hydrogens is 366 g/mol. The Bertz CT molecular complexity index is 979. The third-order valence-corrected chi connectivity index (χ3v) is 7.54. The first kappa shape index (κ1) is 18.0. The second-order valence-corrected chi connectivity index (χ2v) is 9.93. The van der Waals surface area contributed by atoms with Crippen molar-refractivity contribution < 1.29 is 5.11 Å². The predicted molar refractivity (Wildman–Crippen MR) is 114 cm³/mol. The highest BCUT2D eigenvalue weighted by Gasteiger charge is 2.50. The minimum Gasteiger partial charge on any atom is -0.395 e. The zero-order valence-electron chi connectivity index (χ0n) is 16.1. The Morgan fingerprint density at radius 2 is 1.71 bits per heavy atom. The molecule has 2 heterocycles. The van der Waals surface area contributed by atoms with Gasteiger partial charge in [-0.1, -0.05) is 54.6 Å². The first-order chi connectivity index (χ1) is 13.6. The average molecular weight is 392 g/mol. The van der Waals surface area contributed by atoms with Crippen LogP contribution >= 0.6 is 11.8 Å². The molecule has 2 aliphatic rings. The molecule has 0 bridgehead atoms. The van der Waals surface area contributed by atoms with Crippen molar-refractivity contribution in [3.8, 4) is 11.1 Å². The Kier molecular flexibility index (Phi) is 4.33. The first-order valence-electron chi connectivity index (χ1n) is 9.97. The number of hydrogen-bond donors (Lipinski definition) is 1. The van der Waals surface area contributed by atoms with Gasteiger partial charge in [-0.25, -0.2) is 0 Å². The molecule has 0 unspecified atom stereocenters. The van der Waals surface area contributed by atoms with Crippen LogP contribution in [-0.2, 0) is 18.4 Å². The number of hydrogen-bond acceptors (Lipinski definition) is 4. The summed E-state index contributed by atoms with van der Waals surface area (Å²) < 4.78 is 2.17. The summed E-state index contributed by atoms with van der Waals surface area (Å²) in [6, 6.07) is 19.5. The van der Waals surface area contributed by atoms with Crippen molar-refractivity contribution in [2.75, 3.05) is 12.4 Å². The van der Waals surface area contributed by atoms with E-state index in [2.05, 4.69) is 70.2 Å². The lowest BCUT2D eigenvalue weighted by atomic mass is 9.92. The lowest BCUT2D eigenvalue weighted by Crippen LogP contribution is -2.28. The Labute approximate surface area is 170 Å². The van der Waals surface area contributed by atoms with Crippen LogP contribution in [0.4, 0.5) is 0 Å². The fraction of sp³-hybridized carbons (Fsp3) is 0.391. The lowest BCUT2D eigenvalue weighted by molar-refractivity contribution is 0.254. The summed E-state index contributed by atoms with van der Waals surface area (Å²) in [6.45, 7) is 3.21. The molecule has 5 rings (SSSR count). The normalized spacial score (nSPS) is 23.1. The molecule has 1 aliphatic carbocycles. The number of rotatable bonds is 4. The van der Waals surface area contributed by atoms with E-state index in [1.54, 1.807) is 0 Å². The molecule has 3 aromatic rings. The molecule has 0 amide bonds. The van der Waals surface area contributed by atoms with Crippen molar-refractivity contribution in [2.24, 2.45) is 0 Å². The number of aliphatic hydroxyl groups is 1. The summed E-state index contributed by atoms with van der Waals surface area (Å²) >= 11 is 1.84. The van der Waals surface area contributed by atoms with Crippen molar-refractivity contribution in [1.82, 2.24) is 14.8 Å². The molecule has 0 radical (unpaired) electrons. The minimum absolute atomic E-state index is 0.00505. The molecular formula is C23H25N3OS. The van der Waals surface area contributed by atoms with E-state index in [0.29, 0.717) is 0 Å². The van der Waals surface area contributed by atoms with Crippen LogP contribution in [0.15, 0.2) is 54.6 Å². The number of thioether (sulfide) groups is 1. The molecule has 0 saturated heterocycles. The van der Waals surface area contributed by atoms with Crippen LogP contribution in [0.25, 0.3) is 11.1 Å². The molecule has 1 saturated carbocycles. The highest BCUT2D eigenvalue weighted by Crippen LogP contribution is 2.53. The van der Waals surface area contributed by atoms with Crippen molar-refractivity contribution in [3.05, 3.63) is 71.8 Å². The van der Waals surface area contributed by atoms with Crippen LogP contribution in [0.1, 0.15) is 37.0 Å². The van der Waals surface area contributed by atoms with Gasteiger partial charge in [-0.3, -0.25) is 0 Å². The largest absolute Gasteiger partial charge is 0.395 e. The molecule has 1 aromatic heterocycles. The fourth-order valence-corrected chi connectivity index (χ4v) is 5.39. The Morgan fingerprint density at radius 3 is 2.39 bits per heavy atom. The maximum Gasteiger partial charge on any atom is 0.143 e. The zero-order chi connectivity index (χ0) is 19.2. The molecule has 1 N–H and O–H groups in total. The van der Waals surface area contributed by atoms with Crippen LogP contribution in [0.2, 0.25) is 0 Å². The first-order valence-corrected chi connectivity index (χ1v) is 11.0. The lowest BCUT2D eigenvalue weighted by Gasteiger charge is -2.23. The number of aromatic nitrogens is 3. The molecule has 1 aliphatic heterocycles. The van der Waals surface area contributed by atoms with Gasteiger partial charge in [0.05, 0.1) is 12.0 Å². The molecule has 0 spiro atoms. The topological polar surface area (TPSA) is 50.9 Å². The molecule has 144 valence electrons. The standard InChI is InChI=1S/C23H25N3OS/c1-22(16-27)15-20-24-25-21(26(20)13-14-28-22)23(11-12-23)19-9-7-18(8-10-19)17-5-3-2-4-6-17/h2-10,27H,11-16H2,1H3/t22-/m1/s1. The number of benzene rings is 2. The van der Waals surface area contributed by atoms with Crippen LogP contribution in [-0.4, -0.2) is 37.0 Å². The van der Waals surface area contributed by atoms with Crippen molar-refractivity contribution in [3.63, 3.8) is 0 Å². The van der Waals surface area contributed by atoms with Gasteiger partial charge in [0.25, 0.3) is 0 Å². The maximum atomic E-state index is 9.80. The molecule has 5 heteroatoms. The van der Waals surface area contributed by atoms with Gasteiger partial charge < -0.3 is 9.67 Å². The van der Waals surface area contributed by atoms with Gasteiger partial charge in [0.2, 0.25) is 0 Å². The van der Waals surface area contributed by atoms with E-state index in [9.17, 15) is 5.11 Å². The van der Waals surface area contributed by atoms with E-state index < -0.39 is 0 Å². The van der Waals surface area contributed by atoms with Gasteiger partial charge >= 0.3 is 0 Å². The summed E-state index contributed by atoms with van der Waals surface area (Å²) in [7, 11) is 0. The summed E-state index contributed by atoms with van der Waals surface area (Å²) in [6.07, 6.45) is 3.02. The smallest absolute Gasteiger partial charge is 0.143 e. The quantitative estimate of drug-likeness (QED) is 0.729. The van der Waals surface area contributed by atoms with Gasteiger partial charge in [-0.05, 0) is 36.5 Å². The molecule has 1 atom stereocenters. The fourth-order valence-electron chi connectivity index (χ4n) is 4.30. The minimum atomic E-state index is -0.160. The summed E-state index contributed by atoms with van der Waals surface area (Å²) in [4.78, 5) is 0. The Hall–Kier alpha value is -2.11. The SMILES string of the molecule is C[C@]1(CO)Cc2nnc(C3(c4ccc(-c5ccccc5)cc4)CC3)n2CCS1. The van der Waals surface area contributed by atoms with Crippen LogP contribution in [0, 0.1) is 0 Å². The predicted octanol–water partition coefficient (Wildman–Crippen LogP) is 4.07. The van der Waals surface area contributed by atoms with E-state index in [4.69, 9.17) is 0 Å². The van der Waals surface area contributed by atoms with E-state index in [1.165, 1.54) is 16.7 Å². The van der Waals surface area contributed by atoms with E-state index in [-0.39, 0.29) is 16.8 Å². The second kappa shape index (κ2) is 6.75.